The first-order chi connectivity index (χ1) is 7.30. The molecule has 1 aliphatic rings. The molecule has 0 saturated heterocycles. The van der Waals surface area contributed by atoms with Crippen molar-refractivity contribution in [1.82, 2.24) is 0 Å². The smallest absolute Gasteiger partial charge is 0.307 e. The van der Waals surface area contributed by atoms with E-state index < -0.39 is 5.00 Å². The first-order valence-electron chi connectivity index (χ1n) is 5.15. The van der Waals surface area contributed by atoms with Gasteiger partial charge in [0.25, 0.3) is 0 Å². The van der Waals surface area contributed by atoms with E-state index >= 15 is 0 Å². The van der Waals surface area contributed by atoms with Crippen LogP contribution < -0.4 is 11.5 Å². The van der Waals surface area contributed by atoms with Crippen LogP contribution >= 0.6 is 11.6 Å². The number of carbonyl (C=O) groups excluding carboxylic acids is 1. The maximum Gasteiger partial charge on any atom is 0.307 e. The maximum absolute atomic E-state index is 11.4. The van der Waals surface area contributed by atoms with Crippen molar-refractivity contribution < 1.29 is 9.53 Å². The van der Waals surface area contributed by atoms with Gasteiger partial charge in [-0.25, -0.2) is 0 Å². The highest BCUT2D eigenvalue weighted by Crippen LogP contribution is 2.25. The van der Waals surface area contributed by atoms with E-state index in [1.165, 1.54) is 0 Å². The third-order valence-corrected chi connectivity index (χ3v) is 2.39. The Morgan fingerprint density at radius 3 is 2.81 bits per heavy atom. The average molecular weight is 245 g/mol. The van der Waals surface area contributed by atoms with Gasteiger partial charge in [0.1, 0.15) is 5.00 Å². The standard InChI is InChI=1S/C11H17ClN2O2/c1-7(2)16-10(15)5-8-3-4-11(12,14)6-9(8)13/h3-4,6-8H,5,13-14H2,1-2H3. The number of nitrogens with two attached hydrogens (primary N) is 2. The number of ether oxygens (including phenoxy) is 1. The highest BCUT2D eigenvalue weighted by atomic mass is 35.5. The van der Waals surface area contributed by atoms with E-state index in [0.29, 0.717) is 5.70 Å². The van der Waals surface area contributed by atoms with Crippen molar-refractivity contribution in [2.45, 2.75) is 31.4 Å². The highest BCUT2D eigenvalue weighted by molar-refractivity contribution is 6.26. The van der Waals surface area contributed by atoms with Gasteiger partial charge >= 0.3 is 5.97 Å². The van der Waals surface area contributed by atoms with Crippen LogP contribution in [0.4, 0.5) is 0 Å². The predicted molar refractivity (Wildman–Crippen MR) is 63.5 cm³/mol. The van der Waals surface area contributed by atoms with Gasteiger partial charge in [0.15, 0.2) is 0 Å². The van der Waals surface area contributed by atoms with Gasteiger partial charge in [-0.05, 0) is 26.0 Å². The van der Waals surface area contributed by atoms with E-state index in [0.717, 1.165) is 0 Å². The van der Waals surface area contributed by atoms with E-state index in [1.807, 2.05) is 0 Å². The zero-order valence-electron chi connectivity index (χ0n) is 9.44. The van der Waals surface area contributed by atoms with Crippen LogP contribution in [0.5, 0.6) is 0 Å². The number of allylic oxidation sites excluding steroid dienone is 1. The molecule has 0 aromatic heterocycles. The maximum atomic E-state index is 11.4. The zero-order chi connectivity index (χ0) is 12.3. The Labute approximate surface area is 100 Å². The molecule has 0 radical (unpaired) electrons. The third-order valence-electron chi connectivity index (χ3n) is 2.15. The second-order valence-corrected chi connectivity index (χ2v) is 4.83. The summed E-state index contributed by atoms with van der Waals surface area (Å²) >= 11 is 5.87. The van der Waals surface area contributed by atoms with Gasteiger partial charge in [-0.15, -0.1) is 0 Å². The summed E-state index contributed by atoms with van der Waals surface area (Å²) in [7, 11) is 0. The van der Waals surface area contributed by atoms with Crippen LogP contribution in [-0.4, -0.2) is 17.1 Å². The number of alkyl halides is 1. The molecule has 4 N–H and O–H groups in total. The minimum Gasteiger partial charge on any atom is -0.463 e. The molecule has 5 heteroatoms. The summed E-state index contributed by atoms with van der Waals surface area (Å²) in [5, 5.41) is 0. The summed E-state index contributed by atoms with van der Waals surface area (Å²) in [5.41, 5.74) is 11.9. The van der Waals surface area contributed by atoms with Crippen LogP contribution in [0.25, 0.3) is 0 Å². The Morgan fingerprint density at radius 1 is 1.69 bits per heavy atom. The normalized spacial score (nSPS) is 29.1. The molecule has 0 aromatic rings. The molecule has 0 heterocycles. The molecular formula is C11H17ClN2O2. The molecule has 2 unspecified atom stereocenters. The Bertz CT molecular complexity index is 335. The van der Waals surface area contributed by atoms with Gasteiger partial charge in [0, 0.05) is 11.6 Å². The molecule has 16 heavy (non-hydrogen) atoms. The molecule has 90 valence electrons. The molecule has 0 spiro atoms. The molecule has 0 bridgehead atoms. The molecule has 1 rings (SSSR count). The number of hydrogen-bond donors (Lipinski definition) is 2. The number of hydrogen-bond acceptors (Lipinski definition) is 4. The van der Waals surface area contributed by atoms with E-state index in [4.69, 9.17) is 27.8 Å². The topological polar surface area (TPSA) is 78.3 Å². The minimum atomic E-state index is -1.04. The Morgan fingerprint density at radius 2 is 2.31 bits per heavy atom. The first kappa shape index (κ1) is 13.1. The van der Waals surface area contributed by atoms with Gasteiger partial charge in [-0.2, -0.15) is 0 Å². The van der Waals surface area contributed by atoms with E-state index in [2.05, 4.69) is 0 Å². The van der Waals surface area contributed by atoms with Crippen molar-refractivity contribution in [3.05, 3.63) is 23.9 Å². The van der Waals surface area contributed by atoms with E-state index in [1.54, 1.807) is 32.1 Å². The van der Waals surface area contributed by atoms with E-state index in [-0.39, 0.29) is 24.4 Å². The van der Waals surface area contributed by atoms with Crippen molar-refractivity contribution in [3.63, 3.8) is 0 Å². The SMILES string of the molecule is CC(C)OC(=O)CC1C=CC(N)(Cl)C=C1N. The van der Waals surface area contributed by atoms with Crippen molar-refractivity contribution in [1.29, 1.82) is 0 Å². The van der Waals surface area contributed by atoms with Crippen LogP contribution in [-0.2, 0) is 9.53 Å². The van der Waals surface area contributed by atoms with Crippen LogP contribution in [0.1, 0.15) is 20.3 Å². The second-order valence-electron chi connectivity index (χ2n) is 4.18. The van der Waals surface area contributed by atoms with Crippen LogP contribution in [0.15, 0.2) is 23.9 Å². The van der Waals surface area contributed by atoms with Crippen LogP contribution in [0.3, 0.4) is 0 Å². The number of esters is 1. The van der Waals surface area contributed by atoms with Gasteiger partial charge in [-0.1, -0.05) is 17.7 Å². The van der Waals surface area contributed by atoms with Crippen LogP contribution in [0, 0.1) is 5.92 Å². The largest absolute Gasteiger partial charge is 0.463 e. The minimum absolute atomic E-state index is 0.119. The van der Waals surface area contributed by atoms with Crippen LogP contribution in [0.2, 0.25) is 0 Å². The lowest BCUT2D eigenvalue weighted by molar-refractivity contribution is -0.147. The van der Waals surface area contributed by atoms with Crippen molar-refractivity contribution in [2.75, 3.05) is 0 Å². The molecule has 0 amide bonds. The summed E-state index contributed by atoms with van der Waals surface area (Å²) in [6, 6.07) is 0. The predicted octanol–water partition coefficient (Wildman–Crippen LogP) is 1.25. The number of halogens is 1. The van der Waals surface area contributed by atoms with Gasteiger partial charge in [0.05, 0.1) is 12.5 Å². The lowest BCUT2D eigenvalue weighted by Crippen LogP contribution is -2.33. The third kappa shape index (κ3) is 3.87. The fraction of sp³-hybridized carbons (Fsp3) is 0.545. The van der Waals surface area contributed by atoms with E-state index in [9.17, 15) is 4.79 Å². The fourth-order valence-corrected chi connectivity index (χ4v) is 1.66. The van der Waals surface area contributed by atoms with Gasteiger partial charge in [0.2, 0.25) is 0 Å². The summed E-state index contributed by atoms with van der Waals surface area (Å²) in [6.07, 6.45) is 5.00. The lowest BCUT2D eigenvalue weighted by Gasteiger charge is -2.23. The van der Waals surface area contributed by atoms with Gasteiger partial charge in [-0.3, -0.25) is 4.79 Å². The first-order valence-corrected chi connectivity index (χ1v) is 5.53. The molecule has 0 fully saturated rings. The Hall–Kier alpha value is -1.00. The fourth-order valence-electron chi connectivity index (χ4n) is 1.46. The van der Waals surface area contributed by atoms with Crippen molar-refractivity contribution in [2.24, 2.45) is 17.4 Å². The molecule has 1 aliphatic carbocycles. The highest BCUT2D eigenvalue weighted by Gasteiger charge is 2.25. The summed E-state index contributed by atoms with van der Waals surface area (Å²) < 4.78 is 5.03. The lowest BCUT2D eigenvalue weighted by atomic mass is 9.94. The van der Waals surface area contributed by atoms with Crippen molar-refractivity contribution >= 4 is 17.6 Å². The summed E-state index contributed by atoms with van der Waals surface area (Å²) in [4.78, 5) is 10.4. The quantitative estimate of drug-likeness (QED) is 0.339. The molecule has 0 aromatic carbocycles. The molecule has 2 atom stereocenters. The zero-order valence-corrected chi connectivity index (χ0v) is 10.2. The molecule has 4 nitrogen and oxygen atoms in total. The van der Waals surface area contributed by atoms with Crippen molar-refractivity contribution in [3.8, 4) is 0 Å². The second kappa shape index (κ2) is 4.89. The number of rotatable bonds is 3. The Balaban J connectivity index is 2.58. The molecule has 0 aliphatic heterocycles. The summed E-state index contributed by atoms with van der Waals surface area (Å²) in [5.74, 6) is -0.457. The average Bonchev–Trinajstić information content (AvgIpc) is 2.07. The number of carbonyl (C=O) groups is 1. The molecule has 0 saturated carbocycles. The monoisotopic (exact) mass is 244 g/mol. The summed E-state index contributed by atoms with van der Waals surface area (Å²) in [6.45, 7) is 3.61. The van der Waals surface area contributed by atoms with Gasteiger partial charge < -0.3 is 16.2 Å². The molecular weight excluding hydrogens is 228 g/mol. The Kier molecular flexibility index (Phi) is 3.99.